The molecule has 1 amide bonds. The van der Waals surface area contributed by atoms with Gasteiger partial charge in [-0.3, -0.25) is 4.79 Å². The fourth-order valence-electron chi connectivity index (χ4n) is 1.75. The van der Waals surface area contributed by atoms with Crippen molar-refractivity contribution >= 4 is 5.91 Å². The molecule has 0 aromatic carbocycles. The van der Waals surface area contributed by atoms with Crippen molar-refractivity contribution in [3.63, 3.8) is 0 Å². The van der Waals surface area contributed by atoms with Crippen molar-refractivity contribution in [3.05, 3.63) is 12.2 Å². The summed E-state index contributed by atoms with van der Waals surface area (Å²) in [5, 5.41) is 2.63. The van der Waals surface area contributed by atoms with Crippen LogP contribution in [0.1, 0.15) is 45.4 Å². The Kier molecular flexibility index (Phi) is 4.79. The number of halogens is 1. The summed E-state index contributed by atoms with van der Waals surface area (Å²) in [6.07, 6.45) is 8.18. The molecule has 1 unspecified atom stereocenters. The SMILES string of the molecule is CCCNC(=O)C1(F)/C=C\CCCCC1. The van der Waals surface area contributed by atoms with E-state index in [1.54, 1.807) is 6.08 Å². The third-order valence-corrected chi connectivity index (χ3v) is 2.71. The van der Waals surface area contributed by atoms with Gasteiger partial charge in [0.25, 0.3) is 5.91 Å². The lowest BCUT2D eigenvalue weighted by Crippen LogP contribution is -2.42. The van der Waals surface area contributed by atoms with Gasteiger partial charge >= 0.3 is 0 Å². The largest absolute Gasteiger partial charge is 0.353 e. The molecule has 0 bridgehead atoms. The van der Waals surface area contributed by atoms with Gasteiger partial charge in [-0.25, -0.2) is 4.39 Å². The van der Waals surface area contributed by atoms with Crippen LogP contribution in [0.15, 0.2) is 12.2 Å². The van der Waals surface area contributed by atoms with Crippen LogP contribution < -0.4 is 5.32 Å². The molecule has 0 saturated carbocycles. The fourth-order valence-corrected chi connectivity index (χ4v) is 1.75. The lowest BCUT2D eigenvalue weighted by molar-refractivity contribution is -0.130. The Morgan fingerprint density at radius 1 is 1.47 bits per heavy atom. The average Bonchev–Trinajstić information content (AvgIpc) is 2.20. The zero-order valence-corrected chi connectivity index (χ0v) is 9.39. The molecular formula is C12H20FNO. The molecule has 1 N–H and O–H groups in total. The molecule has 0 heterocycles. The van der Waals surface area contributed by atoms with Gasteiger partial charge in [0, 0.05) is 6.54 Å². The van der Waals surface area contributed by atoms with E-state index in [0.29, 0.717) is 13.0 Å². The van der Waals surface area contributed by atoms with Crippen LogP contribution >= 0.6 is 0 Å². The van der Waals surface area contributed by atoms with Crippen LogP contribution in [0.25, 0.3) is 0 Å². The minimum atomic E-state index is -1.77. The first-order valence-corrected chi connectivity index (χ1v) is 5.84. The third-order valence-electron chi connectivity index (χ3n) is 2.71. The van der Waals surface area contributed by atoms with Gasteiger partial charge < -0.3 is 5.32 Å². The van der Waals surface area contributed by atoms with Gasteiger partial charge in [0.05, 0.1) is 0 Å². The first-order chi connectivity index (χ1) is 7.19. The summed E-state index contributed by atoms with van der Waals surface area (Å²) in [5.41, 5.74) is -1.77. The summed E-state index contributed by atoms with van der Waals surface area (Å²) < 4.78 is 14.2. The third kappa shape index (κ3) is 3.65. The van der Waals surface area contributed by atoms with Gasteiger partial charge in [-0.1, -0.05) is 19.4 Å². The molecule has 0 spiro atoms. The van der Waals surface area contributed by atoms with E-state index >= 15 is 0 Å². The van der Waals surface area contributed by atoms with E-state index in [9.17, 15) is 9.18 Å². The highest BCUT2D eigenvalue weighted by Gasteiger charge is 2.35. The maximum absolute atomic E-state index is 14.2. The summed E-state index contributed by atoms with van der Waals surface area (Å²) in [4.78, 5) is 11.6. The second-order valence-corrected chi connectivity index (χ2v) is 4.12. The zero-order chi connectivity index (χ0) is 11.1. The van der Waals surface area contributed by atoms with E-state index in [1.807, 2.05) is 6.92 Å². The standard InChI is InChI=1S/C12H20FNO/c1-2-10-14-11(15)12(13)8-6-4-3-5-7-9-12/h6,8H,2-5,7,9-10H2,1H3,(H,14,15)/b8-6-. The van der Waals surface area contributed by atoms with Crippen molar-refractivity contribution in [2.24, 2.45) is 0 Å². The monoisotopic (exact) mass is 213 g/mol. The summed E-state index contributed by atoms with van der Waals surface area (Å²) in [6, 6.07) is 0. The molecule has 1 aliphatic carbocycles. The number of alkyl halides is 1. The van der Waals surface area contributed by atoms with Crippen LogP contribution in [0.2, 0.25) is 0 Å². The minimum absolute atomic E-state index is 0.318. The van der Waals surface area contributed by atoms with Crippen molar-refractivity contribution in [1.29, 1.82) is 0 Å². The fraction of sp³-hybridized carbons (Fsp3) is 0.750. The molecule has 0 saturated heterocycles. The van der Waals surface area contributed by atoms with Crippen molar-refractivity contribution in [3.8, 4) is 0 Å². The maximum atomic E-state index is 14.2. The van der Waals surface area contributed by atoms with E-state index in [1.165, 1.54) is 6.08 Å². The normalized spacial score (nSPS) is 28.9. The number of hydrogen-bond acceptors (Lipinski definition) is 1. The average molecular weight is 213 g/mol. The van der Waals surface area contributed by atoms with Crippen molar-refractivity contribution in [1.82, 2.24) is 5.32 Å². The Morgan fingerprint density at radius 3 is 3.00 bits per heavy atom. The predicted molar refractivity (Wildman–Crippen MR) is 59.4 cm³/mol. The van der Waals surface area contributed by atoms with Crippen molar-refractivity contribution < 1.29 is 9.18 Å². The quantitative estimate of drug-likeness (QED) is 0.718. The van der Waals surface area contributed by atoms with Gasteiger partial charge in [0.15, 0.2) is 0 Å². The second kappa shape index (κ2) is 5.89. The molecule has 15 heavy (non-hydrogen) atoms. The predicted octanol–water partition coefficient (Wildman–Crippen LogP) is 2.74. The number of nitrogens with one attached hydrogen (secondary N) is 1. The molecule has 86 valence electrons. The van der Waals surface area contributed by atoms with Crippen LogP contribution in [-0.2, 0) is 4.79 Å². The number of allylic oxidation sites excluding steroid dienone is 1. The number of carbonyl (C=O) groups excluding carboxylic acids is 1. The van der Waals surface area contributed by atoms with Crippen LogP contribution in [0.3, 0.4) is 0 Å². The van der Waals surface area contributed by atoms with Gasteiger partial charge in [0.2, 0.25) is 5.67 Å². The first kappa shape index (κ1) is 12.2. The number of hydrogen-bond donors (Lipinski definition) is 1. The van der Waals surface area contributed by atoms with Gasteiger partial charge in [-0.15, -0.1) is 0 Å². The molecule has 0 aliphatic heterocycles. The summed E-state index contributed by atoms with van der Waals surface area (Å²) >= 11 is 0. The summed E-state index contributed by atoms with van der Waals surface area (Å²) in [7, 11) is 0. The Balaban J connectivity index is 2.59. The number of carbonyl (C=O) groups is 1. The first-order valence-electron chi connectivity index (χ1n) is 5.84. The van der Waals surface area contributed by atoms with Crippen LogP contribution in [-0.4, -0.2) is 18.1 Å². The van der Waals surface area contributed by atoms with E-state index in [2.05, 4.69) is 5.32 Å². The van der Waals surface area contributed by atoms with Gasteiger partial charge in [-0.2, -0.15) is 0 Å². The van der Waals surface area contributed by atoms with Crippen LogP contribution in [0.5, 0.6) is 0 Å². The van der Waals surface area contributed by atoms with Crippen LogP contribution in [0.4, 0.5) is 4.39 Å². The Labute approximate surface area is 90.9 Å². The van der Waals surface area contributed by atoms with Gasteiger partial charge in [-0.05, 0) is 38.2 Å². The molecule has 2 nitrogen and oxygen atoms in total. The van der Waals surface area contributed by atoms with Crippen LogP contribution in [0, 0.1) is 0 Å². The molecule has 3 heteroatoms. The minimum Gasteiger partial charge on any atom is -0.353 e. The van der Waals surface area contributed by atoms with Crippen molar-refractivity contribution in [2.45, 2.75) is 51.1 Å². The number of rotatable bonds is 3. The Bertz CT molecular complexity index is 240. The number of amides is 1. The van der Waals surface area contributed by atoms with Gasteiger partial charge in [0.1, 0.15) is 0 Å². The Hall–Kier alpha value is -0.860. The zero-order valence-electron chi connectivity index (χ0n) is 9.39. The molecule has 0 aromatic rings. The highest BCUT2D eigenvalue weighted by molar-refractivity contribution is 5.87. The lowest BCUT2D eigenvalue weighted by atomic mass is 9.93. The molecule has 0 aromatic heterocycles. The van der Waals surface area contributed by atoms with E-state index < -0.39 is 11.6 Å². The highest BCUT2D eigenvalue weighted by atomic mass is 19.1. The molecule has 1 rings (SSSR count). The molecule has 0 fully saturated rings. The van der Waals surface area contributed by atoms with E-state index in [0.717, 1.165) is 32.1 Å². The maximum Gasteiger partial charge on any atom is 0.261 e. The summed E-state index contributed by atoms with van der Waals surface area (Å²) in [5.74, 6) is -0.470. The summed E-state index contributed by atoms with van der Waals surface area (Å²) in [6.45, 7) is 2.51. The molecule has 0 radical (unpaired) electrons. The Morgan fingerprint density at radius 2 is 2.27 bits per heavy atom. The van der Waals surface area contributed by atoms with Crippen molar-refractivity contribution in [2.75, 3.05) is 6.54 Å². The lowest BCUT2D eigenvalue weighted by Gasteiger charge is -2.22. The van der Waals surface area contributed by atoms with E-state index in [4.69, 9.17) is 0 Å². The second-order valence-electron chi connectivity index (χ2n) is 4.12. The van der Waals surface area contributed by atoms with E-state index in [-0.39, 0.29) is 0 Å². The molecular weight excluding hydrogens is 193 g/mol. The molecule has 1 atom stereocenters. The topological polar surface area (TPSA) is 29.1 Å². The molecule has 1 aliphatic rings. The smallest absolute Gasteiger partial charge is 0.261 e. The highest BCUT2D eigenvalue weighted by Crippen LogP contribution is 2.25.